The molecule has 1 rings (SSSR count). The molecule has 0 radical (unpaired) electrons. The smallest absolute Gasteiger partial charge is 0.327 e. The minimum Gasteiger partial charge on any atom is -0.480 e. The van der Waals surface area contributed by atoms with Crippen LogP contribution in [0.1, 0.15) is 19.8 Å². The average Bonchev–Trinajstić information content (AvgIpc) is 2.28. The van der Waals surface area contributed by atoms with Crippen LogP contribution in [0.5, 0.6) is 0 Å². The summed E-state index contributed by atoms with van der Waals surface area (Å²) in [5, 5.41) is 14.4. The summed E-state index contributed by atoms with van der Waals surface area (Å²) >= 11 is 0. The first kappa shape index (κ1) is 14.4. The van der Waals surface area contributed by atoms with Gasteiger partial charge in [0.15, 0.2) is 0 Å². The second kappa shape index (κ2) is 6.34. The fourth-order valence-corrected chi connectivity index (χ4v) is 1.91. The van der Waals surface area contributed by atoms with Gasteiger partial charge in [-0.1, -0.05) is 0 Å². The fourth-order valence-electron chi connectivity index (χ4n) is 1.91. The Bertz CT molecular complexity index is 345. The highest BCUT2D eigenvalue weighted by Crippen LogP contribution is 2.09. The van der Waals surface area contributed by atoms with Gasteiger partial charge < -0.3 is 20.6 Å². The molecule has 0 spiro atoms. The first-order valence-electron chi connectivity index (χ1n) is 5.87. The zero-order valence-corrected chi connectivity index (χ0v) is 10.6. The van der Waals surface area contributed by atoms with Crippen LogP contribution in [-0.4, -0.2) is 60.0 Å². The number of carbonyl (C=O) groups is 3. The number of nitrogens with zero attached hydrogens (tertiary/aromatic N) is 1. The number of likely N-dealkylation sites (tertiary alicyclic amines) is 1. The van der Waals surface area contributed by atoms with Gasteiger partial charge in [-0.25, -0.2) is 4.79 Å². The molecule has 0 aromatic carbocycles. The number of piperidine rings is 1. The standard InChI is InChI=1S/C11H19N3O4/c1-7(15)13-9(11(17)18)5-12-8-3-4-10(16)14(2)6-8/h8-9,12H,3-6H2,1-2H3,(H,13,15)(H,17,18). The zero-order chi connectivity index (χ0) is 13.7. The fraction of sp³-hybridized carbons (Fsp3) is 0.727. The Morgan fingerprint density at radius 2 is 2.22 bits per heavy atom. The summed E-state index contributed by atoms with van der Waals surface area (Å²) in [6.45, 7) is 2.00. The Balaban J connectivity index is 2.40. The summed E-state index contributed by atoms with van der Waals surface area (Å²) in [5.41, 5.74) is 0. The zero-order valence-electron chi connectivity index (χ0n) is 10.6. The predicted octanol–water partition coefficient (Wildman–Crippen LogP) is -1.21. The van der Waals surface area contributed by atoms with Crippen molar-refractivity contribution >= 4 is 17.8 Å². The maximum Gasteiger partial charge on any atom is 0.327 e. The largest absolute Gasteiger partial charge is 0.480 e. The van der Waals surface area contributed by atoms with E-state index in [0.717, 1.165) is 0 Å². The summed E-state index contributed by atoms with van der Waals surface area (Å²) in [4.78, 5) is 34.7. The van der Waals surface area contributed by atoms with Gasteiger partial charge in [0.1, 0.15) is 6.04 Å². The molecule has 7 nitrogen and oxygen atoms in total. The molecular formula is C11H19N3O4. The maximum absolute atomic E-state index is 11.3. The van der Waals surface area contributed by atoms with E-state index in [1.807, 2.05) is 0 Å². The normalized spacial score (nSPS) is 21.6. The lowest BCUT2D eigenvalue weighted by Gasteiger charge is -2.31. The molecule has 2 amide bonds. The molecule has 1 aliphatic rings. The van der Waals surface area contributed by atoms with Gasteiger partial charge in [-0.3, -0.25) is 9.59 Å². The van der Waals surface area contributed by atoms with Crippen molar-refractivity contribution in [1.29, 1.82) is 0 Å². The minimum absolute atomic E-state index is 0.0725. The van der Waals surface area contributed by atoms with Crippen LogP contribution in [0.2, 0.25) is 0 Å². The molecule has 0 aliphatic carbocycles. The van der Waals surface area contributed by atoms with E-state index in [9.17, 15) is 14.4 Å². The number of carboxylic acid groups (broad SMARTS) is 1. The lowest BCUT2D eigenvalue weighted by Crippen LogP contribution is -2.52. The van der Waals surface area contributed by atoms with Gasteiger partial charge in [-0.2, -0.15) is 0 Å². The summed E-state index contributed by atoms with van der Waals surface area (Å²) < 4.78 is 0. The third kappa shape index (κ3) is 4.33. The van der Waals surface area contributed by atoms with Crippen molar-refractivity contribution in [1.82, 2.24) is 15.5 Å². The van der Waals surface area contributed by atoms with E-state index in [0.29, 0.717) is 19.4 Å². The van der Waals surface area contributed by atoms with Gasteiger partial charge in [-0.05, 0) is 6.42 Å². The molecule has 2 atom stereocenters. The molecule has 1 fully saturated rings. The summed E-state index contributed by atoms with van der Waals surface area (Å²) in [6, 6.07) is -0.867. The van der Waals surface area contributed by atoms with Crippen LogP contribution in [-0.2, 0) is 14.4 Å². The van der Waals surface area contributed by atoms with Gasteiger partial charge in [0, 0.05) is 39.5 Å². The Hall–Kier alpha value is -1.63. The van der Waals surface area contributed by atoms with E-state index < -0.39 is 12.0 Å². The van der Waals surface area contributed by atoms with E-state index in [2.05, 4.69) is 10.6 Å². The van der Waals surface area contributed by atoms with Gasteiger partial charge in [0.05, 0.1) is 0 Å². The minimum atomic E-state index is -1.07. The number of aliphatic carboxylic acids is 1. The third-order valence-electron chi connectivity index (χ3n) is 2.91. The number of rotatable bonds is 5. The molecule has 18 heavy (non-hydrogen) atoms. The number of amides is 2. The summed E-state index contributed by atoms with van der Waals surface area (Å²) in [5.74, 6) is -1.34. The van der Waals surface area contributed by atoms with Crippen molar-refractivity contribution in [2.24, 2.45) is 0 Å². The molecular weight excluding hydrogens is 238 g/mol. The lowest BCUT2D eigenvalue weighted by atomic mass is 10.1. The topological polar surface area (TPSA) is 98.7 Å². The number of carbonyl (C=O) groups excluding carboxylic acids is 2. The highest BCUT2D eigenvalue weighted by molar-refractivity contribution is 5.82. The maximum atomic E-state index is 11.3. The molecule has 0 aromatic heterocycles. The third-order valence-corrected chi connectivity index (χ3v) is 2.91. The SMILES string of the molecule is CC(=O)NC(CNC1CCC(=O)N(C)C1)C(=O)O. The van der Waals surface area contributed by atoms with E-state index in [-0.39, 0.29) is 24.4 Å². The Kier molecular flexibility index (Phi) is 5.08. The molecule has 7 heteroatoms. The van der Waals surface area contributed by atoms with E-state index >= 15 is 0 Å². The van der Waals surface area contributed by atoms with Crippen LogP contribution in [0.4, 0.5) is 0 Å². The van der Waals surface area contributed by atoms with E-state index in [1.54, 1.807) is 11.9 Å². The lowest BCUT2D eigenvalue weighted by molar-refractivity contribution is -0.141. The van der Waals surface area contributed by atoms with Crippen LogP contribution in [0.15, 0.2) is 0 Å². The number of nitrogens with one attached hydrogen (secondary N) is 2. The number of hydrogen-bond donors (Lipinski definition) is 3. The molecule has 2 unspecified atom stereocenters. The monoisotopic (exact) mass is 257 g/mol. The quantitative estimate of drug-likeness (QED) is 0.574. The highest BCUT2D eigenvalue weighted by Gasteiger charge is 2.25. The second-order valence-corrected chi connectivity index (χ2v) is 4.51. The van der Waals surface area contributed by atoms with E-state index in [1.165, 1.54) is 6.92 Å². The first-order valence-corrected chi connectivity index (χ1v) is 5.87. The van der Waals surface area contributed by atoms with Crippen molar-refractivity contribution in [3.63, 3.8) is 0 Å². The van der Waals surface area contributed by atoms with Crippen LogP contribution in [0, 0.1) is 0 Å². The van der Waals surface area contributed by atoms with Crippen molar-refractivity contribution in [2.45, 2.75) is 31.8 Å². The van der Waals surface area contributed by atoms with Crippen LogP contribution < -0.4 is 10.6 Å². The van der Waals surface area contributed by atoms with Crippen molar-refractivity contribution in [2.75, 3.05) is 20.1 Å². The van der Waals surface area contributed by atoms with Gasteiger partial charge >= 0.3 is 5.97 Å². The average molecular weight is 257 g/mol. The van der Waals surface area contributed by atoms with Crippen molar-refractivity contribution < 1.29 is 19.5 Å². The summed E-state index contributed by atoms with van der Waals surface area (Å²) in [6.07, 6.45) is 1.15. The molecule has 0 aromatic rings. The Morgan fingerprint density at radius 3 is 2.72 bits per heavy atom. The van der Waals surface area contributed by atoms with Crippen LogP contribution in [0.25, 0.3) is 0 Å². The predicted molar refractivity (Wildman–Crippen MR) is 63.9 cm³/mol. The molecule has 102 valence electrons. The van der Waals surface area contributed by atoms with Crippen molar-refractivity contribution in [3.05, 3.63) is 0 Å². The molecule has 1 saturated heterocycles. The number of carboxylic acids is 1. The Morgan fingerprint density at radius 1 is 1.56 bits per heavy atom. The van der Waals surface area contributed by atoms with Crippen LogP contribution >= 0.6 is 0 Å². The molecule has 0 saturated carbocycles. The van der Waals surface area contributed by atoms with Gasteiger partial charge in [-0.15, -0.1) is 0 Å². The highest BCUT2D eigenvalue weighted by atomic mass is 16.4. The first-order chi connectivity index (χ1) is 8.40. The number of hydrogen-bond acceptors (Lipinski definition) is 4. The van der Waals surface area contributed by atoms with Gasteiger partial charge in [0.2, 0.25) is 11.8 Å². The van der Waals surface area contributed by atoms with Crippen LogP contribution in [0.3, 0.4) is 0 Å². The van der Waals surface area contributed by atoms with Gasteiger partial charge in [0.25, 0.3) is 0 Å². The van der Waals surface area contributed by atoms with Crippen molar-refractivity contribution in [3.8, 4) is 0 Å². The Labute approximate surface area is 106 Å². The second-order valence-electron chi connectivity index (χ2n) is 4.51. The molecule has 0 bridgehead atoms. The number of likely N-dealkylation sites (N-methyl/N-ethyl adjacent to an activating group) is 1. The molecule has 1 heterocycles. The summed E-state index contributed by atoms with van der Waals surface area (Å²) in [7, 11) is 1.72. The molecule has 1 aliphatic heterocycles. The molecule has 3 N–H and O–H groups in total. The van der Waals surface area contributed by atoms with E-state index in [4.69, 9.17) is 5.11 Å².